The van der Waals surface area contributed by atoms with Crippen molar-refractivity contribution in [3.8, 4) is 22.6 Å². The van der Waals surface area contributed by atoms with Crippen LogP contribution in [0.15, 0.2) is 72.8 Å². The van der Waals surface area contributed by atoms with Crippen LogP contribution in [-0.4, -0.2) is 62.4 Å². The molecule has 0 aliphatic heterocycles. The lowest BCUT2D eigenvalue weighted by Crippen LogP contribution is -2.32. The zero-order valence-electron chi connectivity index (χ0n) is 34.1. The molecule has 0 unspecified atom stereocenters. The van der Waals surface area contributed by atoms with Gasteiger partial charge in [0.2, 0.25) is 0 Å². The molecule has 54 heavy (non-hydrogen) atoms. The van der Waals surface area contributed by atoms with E-state index in [0.717, 1.165) is 72.3 Å². The number of carbonyl (C=O) groups excluding carboxylic acids is 1. The van der Waals surface area contributed by atoms with E-state index in [1.165, 1.54) is 30.4 Å². The third-order valence-corrected chi connectivity index (χ3v) is 9.81. The highest BCUT2D eigenvalue weighted by atomic mass is 16.6. The van der Waals surface area contributed by atoms with Crippen molar-refractivity contribution in [1.29, 1.82) is 0 Å². The summed E-state index contributed by atoms with van der Waals surface area (Å²) in [4.78, 5) is 12.0. The topological polar surface area (TPSA) is 94.5 Å². The molecule has 0 saturated carbocycles. The van der Waals surface area contributed by atoms with Gasteiger partial charge in [0.1, 0.15) is 24.7 Å². The first-order valence-electron chi connectivity index (χ1n) is 20.1. The quantitative estimate of drug-likeness (QED) is 0.0480. The third kappa shape index (κ3) is 15.6. The minimum absolute atomic E-state index is 0.0575. The van der Waals surface area contributed by atoms with E-state index in [1.54, 1.807) is 6.92 Å². The first kappa shape index (κ1) is 44.7. The highest BCUT2D eigenvalue weighted by Crippen LogP contribution is 2.36. The summed E-state index contributed by atoms with van der Waals surface area (Å²) in [5.41, 5.74) is 6.64. The molecule has 2 N–H and O–H groups in total. The molecule has 0 amide bonds. The summed E-state index contributed by atoms with van der Waals surface area (Å²) in [5, 5.41) is 20.3. The monoisotopic (exact) mass is 744 g/mol. The largest absolute Gasteiger partial charge is 0.493 e. The van der Waals surface area contributed by atoms with Crippen LogP contribution in [0.25, 0.3) is 11.1 Å². The minimum Gasteiger partial charge on any atom is -0.493 e. The summed E-state index contributed by atoms with van der Waals surface area (Å²) >= 11 is 0. The number of ether oxygens (including phenoxy) is 4. The molecule has 0 bridgehead atoms. The smallest absolute Gasteiger partial charge is 0.333 e. The van der Waals surface area contributed by atoms with Gasteiger partial charge in [-0.15, -0.1) is 0 Å². The molecule has 0 radical (unpaired) electrons. The van der Waals surface area contributed by atoms with E-state index in [1.807, 2.05) is 12.1 Å². The minimum atomic E-state index is -0.559. The predicted molar refractivity (Wildman–Crippen MR) is 220 cm³/mol. The zero-order chi connectivity index (χ0) is 39.4. The van der Waals surface area contributed by atoms with Crippen LogP contribution < -0.4 is 9.47 Å². The Bertz CT molecular complexity index is 1550. The Morgan fingerprint density at radius 1 is 0.685 bits per heavy atom. The molecule has 0 aromatic heterocycles. The predicted octanol–water partition coefficient (Wildman–Crippen LogP) is 9.90. The first-order valence-corrected chi connectivity index (χ1v) is 20.1. The Hall–Kier alpha value is -3.65. The molecule has 3 aromatic carbocycles. The van der Waals surface area contributed by atoms with Crippen LogP contribution in [0.2, 0.25) is 0 Å². The number of aliphatic hydroxyl groups is 2. The number of rotatable bonds is 26. The lowest BCUT2D eigenvalue weighted by Gasteiger charge is -2.30. The van der Waals surface area contributed by atoms with Gasteiger partial charge in [0.15, 0.2) is 0 Å². The summed E-state index contributed by atoms with van der Waals surface area (Å²) in [6.45, 7) is 17.9. The number of aryl methyl sites for hydroxylation is 3. The summed E-state index contributed by atoms with van der Waals surface area (Å²) in [5.74, 6) is 1.05. The second-order valence-corrected chi connectivity index (χ2v) is 16.1. The fraction of sp³-hybridized carbons (Fsp3) is 0.553. The number of unbranched alkanes of at least 4 members (excludes halogenated alkanes) is 3. The summed E-state index contributed by atoms with van der Waals surface area (Å²) in [6, 6.07) is 21.6. The standard InChI is InChI=1S/C47H68O7/c1-8-10-12-13-37-14-16-38(17-15-37)18-19-39-20-22-42(44(31-39)53-29-30-54-45(50)36(3)4)40-21-23-43(41(32-40)24-27-51-35-46(5,6)7)52-28-26-47(33-48,34-49)25-11-9-2/h14-17,20-23,31-32,48-49H,3,8-13,18-19,24-30,33-35H2,1-2,4-7H3. The van der Waals surface area contributed by atoms with Gasteiger partial charge < -0.3 is 29.2 Å². The van der Waals surface area contributed by atoms with Gasteiger partial charge in [0.25, 0.3) is 0 Å². The fourth-order valence-corrected chi connectivity index (χ4v) is 6.29. The number of hydrogen-bond acceptors (Lipinski definition) is 7. The van der Waals surface area contributed by atoms with E-state index in [2.05, 4.69) is 89.7 Å². The van der Waals surface area contributed by atoms with Crippen LogP contribution >= 0.6 is 0 Å². The Labute approximate surface area is 326 Å². The van der Waals surface area contributed by atoms with E-state index >= 15 is 0 Å². The summed E-state index contributed by atoms with van der Waals surface area (Å²) in [7, 11) is 0. The molecule has 0 heterocycles. The second kappa shape index (κ2) is 23.3. The molecular formula is C47H68O7. The maximum absolute atomic E-state index is 12.0. The summed E-state index contributed by atoms with van der Waals surface area (Å²) in [6.07, 6.45) is 10.5. The van der Waals surface area contributed by atoms with Crippen molar-refractivity contribution < 1.29 is 34.0 Å². The van der Waals surface area contributed by atoms with Gasteiger partial charge in [-0.2, -0.15) is 0 Å². The number of carbonyl (C=O) groups is 1. The van der Waals surface area contributed by atoms with E-state index in [-0.39, 0.29) is 31.8 Å². The van der Waals surface area contributed by atoms with Crippen molar-refractivity contribution >= 4 is 5.97 Å². The molecular weight excluding hydrogens is 677 g/mol. The Balaban J connectivity index is 1.87. The maximum atomic E-state index is 12.0. The van der Waals surface area contributed by atoms with Crippen LogP contribution in [0.5, 0.6) is 11.5 Å². The van der Waals surface area contributed by atoms with Crippen molar-refractivity contribution in [1.82, 2.24) is 0 Å². The highest BCUT2D eigenvalue weighted by molar-refractivity contribution is 5.86. The van der Waals surface area contributed by atoms with E-state index < -0.39 is 11.4 Å². The van der Waals surface area contributed by atoms with Gasteiger partial charge in [-0.3, -0.25) is 0 Å². The Kier molecular flexibility index (Phi) is 19.3. The van der Waals surface area contributed by atoms with Gasteiger partial charge >= 0.3 is 5.97 Å². The molecule has 0 atom stereocenters. The van der Waals surface area contributed by atoms with Crippen molar-refractivity contribution in [2.24, 2.45) is 10.8 Å². The SMILES string of the molecule is C=C(C)C(=O)OCCOc1cc(CCc2ccc(CCCCC)cc2)ccc1-c1ccc(OCCC(CO)(CO)CCCC)c(CCOCC(C)(C)C)c1. The molecule has 0 spiro atoms. The van der Waals surface area contributed by atoms with Crippen LogP contribution in [0.4, 0.5) is 0 Å². The van der Waals surface area contributed by atoms with E-state index in [0.29, 0.717) is 38.2 Å². The molecule has 3 rings (SSSR count). The highest BCUT2D eigenvalue weighted by Gasteiger charge is 2.28. The van der Waals surface area contributed by atoms with Gasteiger partial charge in [-0.25, -0.2) is 4.79 Å². The third-order valence-electron chi connectivity index (χ3n) is 9.81. The fourth-order valence-electron chi connectivity index (χ4n) is 6.29. The van der Waals surface area contributed by atoms with Crippen molar-refractivity contribution in [2.45, 2.75) is 112 Å². The average Bonchev–Trinajstić information content (AvgIpc) is 3.16. The number of benzene rings is 3. The van der Waals surface area contributed by atoms with Crippen LogP contribution in [-0.2, 0) is 40.0 Å². The van der Waals surface area contributed by atoms with Crippen molar-refractivity contribution in [3.05, 3.63) is 95.1 Å². The lowest BCUT2D eigenvalue weighted by atomic mass is 9.81. The van der Waals surface area contributed by atoms with Gasteiger partial charge in [0.05, 0.1) is 33.0 Å². The molecule has 7 heteroatoms. The Morgan fingerprint density at radius 2 is 1.33 bits per heavy atom. The molecule has 0 fully saturated rings. The van der Waals surface area contributed by atoms with Crippen molar-refractivity contribution in [2.75, 3.05) is 46.2 Å². The van der Waals surface area contributed by atoms with Crippen molar-refractivity contribution in [3.63, 3.8) is 0 Å². The maximum Gasteiger partial charge on any atom is 0.333 e. The first-order chi connectivity index (χ1) is 25.9. The molecule has 3 aromatic rings. The number of esters is 1. The zero-order valence-corrected chi connectivity index (χ0v) is 34.1. The van der Waals surface area contributed by atoms with Crippen LogP contribution in [0, 0.1) is 10.8 Å². The summed E-state index contributed by atoms with van der Waals surface area (Å²) < 4.78 is 24.1. The Morgan fingerprint density at radius 3 is 1.98 bits per heavy atom. The number of hydrogen-bond donors (Lipinski definition) is 2. The molecule has 0 aliphatic rings. The van der Waals surface area contributed by atoms with Gasteiger partial charge in [-0.1, -0.05) is 109 Å². The molecule has 0 saturated heterocycles. The molecule has 298 valence electrons. The van der Waals surface area contributed by atoms with Crippen LogP contribution in [0.1, 0.15) is 109 Å². The van der Waals surface area contributed by atoms with E-state index in [9.17, 15) is 15.0 Å². The molecule has 7 nitrogen and oxygen atoms in total. The second-order valence-electron chi connectivity index (χ2n) is 16.1. The van der Waals surface area contributed by atoms with Crippen LogP contribution in [0.3, 0.4) is 0 Å². The number of aliphatic hydroxyl groups excluding tert-OH is 2. The van der Waals surface area contributed by atoms with Gasteiger partial charge in [-0.05, 0) is 103 Å². The normalized spacial score (nSPS) is 11.8. The van der Waals surface area contributed by atoms with E-state index in [4.69, 9.17) is 18.9 Å². The molecule has 0 aliphatic carbocycles. The average molecular weight is 745 g/mol. The van der Waals surface area contributed by atoms with Gasteiger partial charge in [0, 0.05) is 16.6 Å². The lowest BCUT2D eigenvalue weighted by molar-refractivity contribution is -0.139.